The molecule has 0 fully saturated rings. The van der Waals surface area contributed by atoms with Crippen LogP contribution in [0.2, 0.25) is 5.02 Å². The Morgan fingerprint density at radius 1 is 1.11 bits per heavy atom. The van der Waals surface area contributed by atoms with Crippen molar-refractivity contribution in [1.82, 2.24) is 15.3 Å². The van der Waals surface area contributed by atoms with Crippen molar-refractivity contribution in [3.05, 3.63) is 71.5 Å². The molecule has 0 aliphatic rings. The first-order chi connectivity index (χ1) is 13.2. The van der Waals surface area contributed by atoms with Gasteiger partial charge in [0.2, 0.25) is 0 Å². The molecular formula is C21H18ClN3O2. The summed E-state index contributed by atoms with van der Waals surface area (Å²) in [6.45, 7) is 0.971. The molecule has 136 valence electrons. The number of hydrogen-bond donors (Lipinski definition) is 2. The highest BCUT2D eigenvalue weighted by Gasteiger charge is 2.15. The molecule has 0 radical (unpaired) electrons. The Morgan fingerprint density at radius 3 is 2.85 bits per heavy atom. The van der Waals surface area contributed by atoms with E-state index in [2.05, 4.69) is 15.3 Å². The summed E-state index contributed by atoms with van der Waals surface area (Å²) in [5.74, 6) is 0.529. The maximum Gasteiger partial charge on any atom is 0.269 e. The average molecular weight is 380 g/mol. The zero-order valence-electron chi connectivity index (χ0n) is 14.5. The summed E-state index contributed by atoms with van der Waals surface area (Å²) in [6.07, 6.45) is 2.42. The number of benzene rings is 2. The first kappa shape index (κ1) is 17.4. The second-order valence-corrected chi connectivity index (χ2v) is 6.53. The molecule has 0 bridgehead atoms. The van der Waals surface area contributed by atoms with Crippen LogP contribution in [0.3, 0.4) is 0 Å². The molecule has 1 amide bonds. The second kappa shape index (κ2) is 7.68. The molecular weight excluding hydrogens is 362 g/mol. The fourth-order valence-electron chi connectivity index (χ4n) is 3.00. The minimum Gasteiger partial charge on any atom is -0.491 e. The van der Waals surface area contributed by atoms with E-state index < -0.39 is 0 Å². The van der Waals surface area contributed by atoms with Crippen LogP contribution < -0.4 is 10.1 Å². The fourth-order valence-corrected chi connectivity index (χ4v) is 3.30. The van der Waals surface area contributed by atoms with Crippen molar-refractivity contribution < 1.29 is 9.53 Å². The standard InChI is InChI=1S/C21H18ClN3O2/c22-18-15-8-1-2-9-16(15)25-20(18)21(26)24-12-5-13-27-17-10-3-6-14-7-4-11-23-19(14)17/h1-4,6-11,25H,5,12-13H2,(H,24,26). The quantitative estimate of drug-likeness (QED) is 0.482. The minimum absolute atomic E-state index is 0.219. The summed E-state index contributed by atoms with van der Waals surface area (Å²) in [5.41, 5.74) is 2.07. The van der Waals surface area contributed by atoms with Crippen molar-refractivity contribution in [1.29, 1.82) is 0 Å². The van der Waals surface area contributed by atoms with Gasteiger partial charge >= 0.3 is 0 Å². The van der Waals surface area contributed by atoms with Crippen molar-refractivity contribution in [2.75, 3.05) is 13.2 Å². The molecule has 4 aromatic rings. The Bertz CT molecular complexity index is 1100. The molecule has 0 spiro atoms. The van der Waals surface area contributed by atoms with E-state index in [1.54, 1.807) is 6.20 Å². The Labute approximate surface area is 161 Å². The number of nitrogens with one attached hydrogen (secondary N) is 2. The zero-order chi connectivity index (χ0) is 18.6. The number of carbonyl (C=O) groups excluding carboxylic acids is 1. The van der Waals surface area contributed by atoms with E-state index in [0.29, 0.717) is 30.3 Å². The number of hydrogen-bond acceptors (Lipinski definition) is 3. The number of aromatic amines is 1. The third kappa shape index (κ3) is 3.59. The van der Waals surface area contributed by atoms with Crippen LogP contribution in [0.25, 0.3) is 21.8 Å². The van der Waals surface area contributed by atoms with E-state index >= 15 is 0 Å². The first-order valence-corrected chi connectivity index (χ1v) is 9.13. The van der Waals surface area contributed by atoms with Crippen molar-refractivity contribution in [2.45, 2.75) is 6.42 Å². The maximum atomic E-state index is 12.4. The number of nitrogens with zero attached hydrogens (tertiary/aromatic N) is 1. The first-order valence-electron chi connectivity index (χ1n) is 8.75. The highest BCUT2D eigenvalue weighted by molar-refractivity contribution is 6.38. The van der Waals surface area contributed by atoms with Gasteiger partial charge < -0.3 is 15.0 Å². The lowest BCUT2D eigenvalue weighted by Gasteiger charge is -2.09. The zero-order valence-corrected chi connectivity index (χ0v) is 15.3. The van der Waals surface area contributed by atoms with Crippen molar-refractivity contribution >= 4 is 39.3 Å². The van der Waals surface area contributed by atoms with Crippen LogP contribution in [0.5, 0.6) is 5.75 Å². The van der Waals surface area contributed by atoms with Crippen molar-refractivity contribution in [3.8, 4) is 5.75 Å². The van der Waals surface area contributed by atoms with Gasteiger partial charge in [-0.05, 0) is 24.6 Å². The summed E-state index contributed by atoms with van der Waals surface area (Å²) in [7, 11) is 0. The SMILES string of the molecule is O=C(NCCCOc1cccc2cccnc12)c1[nH]c2ccccc2c1Cl. The normalized spacial score (nSPS) is 11.0. The number of ether oxygens (including phenoxy) is 1. The number of pyridine rings is 1. The van der Waals surface area contributed by atoms with Gasteiger partial charge in [0, 0.05) is 29.0 Å². The van der Waals surface area contributed by atoms with E-state index in [4.69, 9.17) is 16.3 Å². The van der Waals surface area contributed by atoms with Gasteiger partial charge in [-0.2, -0.15) is 0 Å². The molecule has 27 heavy (non-hydrogen) atoms. The lowest BCUT2D eigenvalue weighted by atomic mass is 10.2. The summed E-state index contributed by atoms with van der Waals surface area (Å²) < 4.78 is 5.83. The van der Waals surface area contributed by atoms with Crippen LogP contribution >= 0.6 is 11.6 Å². The summed E-state index contributed by atoms with van der Waals surface area (Å²) >= 11 is 6.30. The molecule has 6 heteroatoms. The summed E-state index contributed by atoms with van der Waals surface area (Å²) in [6, 6.07) is 17.3. The van der Waals surface area contributed by atoms with Crippen LogP contribution in [0.15, 0.2) is 60.8 Å². The Kier molecular flexibility index (Phi) is 4.94. The van der Waals surface area contributed by atoms with Crippen molar-refractivity contribution in [3.63, 3.8) is 0 Å². The average Bonchev–Trinajstić information content (AvgIpc) is 3.05. The number of carbonyl (C=O) groups is 1. The Morgan fingerprint density at radius 2 is 1.96 bits per heavy atom. The molecule has 0 aliphatic carbocycles. The molecule has 0 saturated carbocycles. The number of aromatic nitrogens is 2. The molecule has 0 saturated heterocycles. The fraction of sp³-hybridized carbons (Fsp3) is 0.143. The molecule has 2 heterocycles. The van der Waals surface area contributed by atoms with Crippen LogP contribution in [-0.4, -0.2) is 29.0 Å². The summed E-state index contributed by atoms with van der Waals surface area (Å²) in [4.78, 5) is 19.8. The Balaban J connectivity index is 1.32. The number of H-pyrrole nitrogens is 1. The van der Waals surface area contributed by atoms with Gasteiger partial charge in [0.05, 0.1) is 11.6 Å². The number of fused-ring (bicyclic) bond motifs is 2. The van der Waals surface area contributed by atoms with Gasteiger partial charge in [-0.1, -0.05) is 48.0 Å². The third-order valence-electron chi connectivity index (χ3n) is 4.33. The molecule has 0 unspecified atom stereocenters. The van der Waals surface area contributed by atoms with Gasteiger partial charge in [0.15, 0.2) is 0 Å². The Hall–Kier alpha value is -3.05. The van der Waals surface area contributed by atoms with Crippen LogP contribution in [0.4, 0.5) is 0 Å². The second-order valence-electron chi connectivity index (χ2n) is 6.15. The van der Waals surface area contributed by atoms with Gasteiger partial charge in [-0.15, -0.1) is 0 Å². The van der Waals surface area contributed by atoms with Gasteiger partial charge in [-0.3, -0.25) is 9.78 Å². The molecule has 2 N–H and O–H groups in total. The lowest BCUT2D eigenvalue weighted by molar-refractivity contribution is 0.0947. The monoisotopic (exact) mass is 379 g/mol. The molecule has 4 rings (SSSR count). The van der Waals surface area contributed by atoms with E-state index in [9.17, 15) is 4.79 Å². The molecule has 0 aliphatic heterocycles. The van der Waals surface area contributed by atoms with E-state index in [-0.39, 0.29) is 5.91 Å². The predicted molar refractivity (Wildman–Crippen MR) is 107 cm³/mol. The van der Waals surface area contributed by atoms with Crippen LogP contribution in [0.1, 0.15) is 16.9 Å². The van der Waals surface area contributed by atoms with E-state index in [1.807, 2.05) is 54.6 Å². The number of rotatable bonds is 6. The number of para-hydroxylation sites is 2. The van der Waals surface area contributed by atoms with Gasteiger partial charge in [0.1, 0.15) is 17.0 Å². The molecule has 5 nitrogen and oxygen atoms in total. The van der Waals surface area contributed by atoms with Gasteiger partial charge in [-0.25, -0.2) is 0 Å². The van der Waals surface area contributed by atoms with Crippen LogP contribution in [-0.2, 0) is 0 Å². The third-order valence-corrected chi connectivity index (χ3v) is 4.72. The predicted octanol–water partition coefficient (Wildman–Crippen LogP) is 4.57. The summed E-state index contributed by atoms with van der Waals surface area (Å²) in [5, 5.41) is 5.20. The van der Waals surface area contributed by atoms with E-state index in [0.717, 1.165) is 27.6 Å². The largest absolute Gasteiger partial charge is 0.491 e. The van der Waals surface area contributed by atoms with Gasteiger partial charge in [0.25, 0.3) is 5.91 Å². The van der Waals surface area contributed by atoms with E-state index in [1.165, 1.54) is 0 Å². The van der Waals surface area contributed by atoms with Crippen molar-refractivity contribution in [2.24, 2.45) is 0 Å². The lowest BCUT2D eigenvalue weighted by Crippen LogP contribution is -2.26. The highest BCUT2D eigenvalue weighted by Crippen LogP contribution is 2.27. The maximum absolute atomic E-state index is 12.4. The molecule has 2 aromatic heterocycles. The smallest absolute Gasteiger partial charge is 0.269 e. The van der Waals surface area contributed by atoms with Crippen LogP contribution in [0, 0.1) is 0 Å². The molecule has 2 aromatic carbocycles. The highest BCUT2D eigenvalue weighted by atomic mass is 35.5. The number of amides is 1. The topological polar surface area (TPSA) is 67.0 Å². The molecule has 0 atom stereocenters. The minimum atomic E-state index is -0.219. The number of halogens is 1.